The molecule has 2 saturated heterocycles. The summed E-state index contributed by atoms with van der Waals surface area (Å²) >= 11 is 6.11. The van der Waals surface area contributed by atoms with Crippen molar-refractivity contribution in [3.63, 3.8) is 0 Å². The lowest BCUT2D eigenvalue weighted by molar-refractivity contribution is -0.134. The van der Waals surface area contributed by atoms with E-state index in [-0.39, 0.29) is 18.5 Å². The summed E-state index contributed by atoms with van der Waals surface area (Å²) in [5, 5.41) is 3.26. The standard InChI is InChI=1S/C14H16ClN3O3/c15-11-7-10(16)2-1-9(11)8-18-12(19)14(17-13(18)20)3-5-21-6-4-14/h1-2,7H,3-6,8,16H2,(H,17,20). The van der Waals surface area contributed by atoms with E-state index in [9.17, 15) is 9.59 Å². The Labute approximate surface area is 127 Å². The molecule has 1 aromatic carbocycles. The third-order valence-electron chi connectivity index (χ3n) is 4.00. The van der Waals surface area contributed by atoms with Crippen molar-refractivity contribution in [1.82, 2.24) is 10.2 Å². The lowest BCUT2D eigenvalue weighted by atomic mass is 9.90. The average molecular weight is 310 g/mol. The van der Waals surface area contributed by atoms with E-state index in [0.29, 0.717) is 42.3 Å². The molecule has 0 aliphatic carbocycles. The van der Waals surface area contributed by atoms with E-state index in [1.54, 1.807) is 18.2 Å². The normalized spacial score (nSPS) is 20.9. The van der Waals surface area contributed by atoms with Crippen LogP contribution in [0.15, 0.2) is 18.2 Å². The van der Waals surface area contributed by atoms with Gasteiger partial charge in [-0.1, -0.05) is 17.7 Å². The monoisotopic (exact) mass is 309 g/mol. The Morgan fingerprint density at radius 2 is 2.05 bits per heavy atom. The number of rotatable bonds is 2. The molecule has 1 spiro atoms. The van der Waals surface area contributed by atoms with Crippen LogP contribution in [0.4, 0.5) is 10.5 Å². The number of anilines is 1. The highest BCUT2D eigenvalue weighted by Gasteiger charge is 2.51. The highest BCUT2D eigenvalue weighted by Crippen LogP contribution is 2.30. The van der Waals surface area contributed by atoms with E-state index >= 15 is 0 Å². The van der Waals surface area contributed by atoms with Gasteiger partial charge in [0.25, 0.3) is 5.91 Å². The summed E-state index contributed by atoms with van der Waals surface area (Å²) in [5.74, 6) is -0.205. The first-order valence-electron chi connectivity index (χ1n) is 6.78. The molecular formula is C14H16ClN3O3. The molecule has 112 valence electrons. The second-order valence-electron chi connectivity index (χ2n) is 5.37. The van der Waals surface area contributed by atoms with Gasteiger partial charge in [-0.2, -0.15) is 0 Å². The molecule has 2 aliphatic rings. The Balaban J connectivity index is 1.82. The lowest BCUT2D eigenvalue weighted by Crippen LogP contribution is -2.51. The number of nitrogens with zero attached hydrogens (tertiary/aromatic N) is 1. The van der Waals surface area contributed by atoms with Crippen molar-refractivity contribution >= 4 is 29.2 Å². The number of imide groups is 1. The van der Waals surface area contributed by atoms with Gasteiger partial charge in [-0.3, -0.25) is 9.69 Å². The number of carbonyl (C=O) groups excluding carboxylic acids is 2. The zero-order valence-electron chi connectivity index (χ0n) is 11.4. The number of benzene rings is 1. The zero-order chi connectivity index (χ0) is 15.0. The predicted octanol–water partition coefficient (Wildman–Crippen LogP) is 1.52. The summed E-state index contributed by atoms with van der Waals surface area (Å²) in [6, 6.07) is 4.66. The fourth-order valence-corrected chi connectivity index (χ4v) is 2.99. The van der Waals surface area contributed by atoms with Gasteiger partial charge in [0.05, 0.1) is 6.54 Å². The number of hydrogen-bond donors (Lipinski definition) is 2. The van der Waals surface area contributed by atoms with E-state index in [4.69, 9.17) is 22.1 Å². The molecule has 2 fully saturated rings. The van der Waals surface area contributed by atoms with Crippen LogP contribution in [0, 0.1) is 0 Å². The van der Waals surface area contributed by atoms with Gasteiger partial charge < -0.3 is 15.8 Å². The van der Waals surface area contributed by atoms with Gasteiger partial charge in [-0.05, 0) is 17.7 Å². The van der Waals surface area contributed by atoms with Crippen LogP contribution in [-0.4, -0.2) is 35.6 Å². The van der Waals surface area contributed by atoms with E-state index < -0.39 is 5.54 Å². The number of nitrogens with one attached hydrogen (secondary N) is 1. The second kappa shape index (κ2) is 5.20. The number of hydrogen-bond acceptors (Lipinski definition) is 4. The highest BCUT2D eigenvalue weighted by molar-refractivity contribution is 6.31. The molecule has 0 radical (unpaired) electrons. The maximum atomic E-state index is 12.6. The maximum Gasteiger partial charge on any atom is 0.325 e. The second-order valence-corrected chi connectivity index (χ2v) is 5.77. The third-order valence-corrected chi connectivity index (χ3v) is 4.35. The molecule has 0 saturated carbocycles. The summed E-state index contributed by atoms with van der Waals surface area (Å²) in [5.41, 5.74) is 6.07. The van der Waals surface area contributed by atoms with Crippen molar-refractivity contribution in [3.8, 4) is 0 Å². The molecule has 0 bridgehead atoms. The molecule has 0 aromatic heterocycles. The number of ether oxygens (including phenoxy) is 1. The first-order valence-corrected chi connectivity index (χ1v) is 7.15. The van der Waals surface area contributed by atoms with Crippen LogP contribution >= 0.6 is 11.6 Å². The first-order chi connectivity index (χ1) is 10.0. The lowest BCUT2D eigenvalue weighted by Gasteiger charge is -2.30. The van der Waals surface area contributed by atoms with Crippen LogP contribution in [0.3, 0.4) is 0 Å². The Hall–Kier alpha value is -1.79. The molecule has 3 N–H and O–H groups in total. The SMILES string of the molecule is Nc1ccc(CN2C(=O)NC3(CCOCC3)C2=O)c(Cl)c1. The van der Waals surface area contributed by atoms with Crippen molar-refractivity contribution < 1.29 is 14.3 Å². The highest BCUT2D eigenvalue weighted by atomic mass is 35.5. The predicted molar refractivity (Wildman–Crippen MR) is 77.7 cm³/mol. The zero-order valence-corrected chi connectivity index (χ0v) is 12.2. The Morgan fingerprint density at radius 1 is 1.33 bits per heavy atom. The quantitative estimate of drug-likeness (QED) is 0.641. The van der Waals surface area contributed by atoms with Gasteiger partial charge in [0, 0.05) is 36.8 Å². The number of nitrogen functional groups attached to an aromatic ring is 1. The van der Waals surface area contributed by atoms with Crippen LogP contribution in [0.5, 0.6) is 0 Å². The summed E-state index contributed by atoms with van der Waals surface area (Å²) in [7, 11) is 0. The fourth-order valence-electron chi connectivity index (χ4n) is 2.74. The van der Waals surface area contributed by atoms with Crippen LogP contribution in [0.25, 0.3) is 0 Å². The van der Waals surface area contributed by atoms with Crippen molar-refractivity contribution in [2.24, 2.45) is 0 Å². The number of nitrogens with two attached hydrogens (primary N) is 1. The topological polar surface area (TPSA) is 84.7 Å². The molecule has 21 heavy (non-hydrogen) atoms. The van der Waals surface area contributed by atoms with Crippen LogP contribution in [0.1, 0.15) is 18.4 Å². The summed E-state index contributed by atoms with van der Waals surface area (Å²) in [6.07, 6.45) is 1.01. The molecule has 3 amide bonds. The molecule has 3 rings (SSSR count). The summed E-state index contributed by atoms with van der Waals surface area (Å²) < 4.78 is 5.27. The van der Waals surface area contributed by atoms with Gasteiger partial charge in [0.2, 0.25) is 0 Å². The minimum Gasteiger partial charge on any atom is -0.399 e. The maximum absolute atomic E-state index is 12.6. The van der Waals surface area contributed by atoms with E-state index in [2.05, 4.69) is 5.32 Å². The van der Waals surface area contributed by atoms with E-state index in [0.717, 1.165) is 0 Å². The average Bonchev–Trinajstić information content (AvgIpc) is 2.67. The van der Waals surface area contributed by atoms with Gasteiger partial charge >= 0.3 is 6.03 Å². The number of halogens is 1. The molecule has 6 nitrogen and oxygen atoms in total. The summed E-state index contributed by atoms with van der Waals surface area (Å²) in [4.78, 5) is 25.9. The number of carbonyl (C=O) groups is 2. The Morgan fingerprint density at radius 3 is 2.71 bits per heavy atom. The molecule has 0 unspecified atom stereocenters. The summed E-state index contributed by atoms with van der Waals surface area (Å²) in [6.45, 7) is 1.09. The van der Waals surface area contributed by atoms with E-state index in [1.165, 1.54) is 4.90 Å². The van der Waals surface area contributed by atoms with Crippen LogP contribution in [0.2, 0.25) is 5.02 Å². The Bertz CT molecular complexity index is 599. The van der Waals surface area contributed by atoms with E-state index in [1.807, 2.05) is 0 Å². The Kier molecular flexibility index (Phi) is 3.51. The molecule has 0 atom stereocenters. The molecule has 1 aromatic rings. The van der Waals surface area contributed by atoms with Crippen LogP contribution in [-0.2, 0) is 16.1 Å². The third kappa shape index (κ3) is 2.45. The first kappa shape index (κ1) is 14.2. The number of amides is 3. The molecular weight excluding hydrogens is 294 g/mol. The van der Waals surface area contributed by atoms with Crippen LogP contribution < -0.4 is 11.1 Å². The van der Waals surface area contributed by atoms with Gasteiger partial charge in [0.1, 0.15) is 5.54 Å². The molecule has 7 heteroatoms. The number of urea groups is 1. The van der Waals surface area contributed by atoms with Gasteiger partial charge in [0.15, 0.2) is 0 Å². The van der Waals surface area contributed by atoms with Crippen molar-refractivity contribution in [3.05, 3.63) is 28.8 Å². The van der Waals surface area contributed by atoms with Gasteiger partial charge in [-0.15, -0.1) is 0 Å². The minimum absolute atomic E-state index is 0.145. The van der Waals surface area contributed by atoms with Crippen molar-refractivity contribution in [2.75, 3.05) is 18.9 Å². The largest absolute Gasteiger partial charge is 0.399 e. The molecule has 2 aliphatic heterocycles. The molecule has 2 heterocycles. The fraction of sp³-hybridized carbons (Fsp3) is 0.429. The van der Waals surface area contributed by atoms with Crippen molar-refractivity contribution in [2.45, 2.75) is 24.9 Å². The van der Waals surface area contributed by atoms with Crippen molar-refractivity contribution in [1.29, 1.82) is 0 Å². The smallest absolute Gasteiger partial charge is 0.325 e. The minimum atomic E-state index is -0.810. The van der Waals surface area contributed by atoms with Gasteiger partial charge in [-0.25, -0.2) is 4.79 Å².